The van der Waals surface area contributed by atoms with Crippen LogP contribution in [0.2, 0.25) is 0 Å². The van der Waals surface area contributed by atoms with Crippen LogP contribution in [0.1, 0.15) is 19.5 Å². The van der Waals surface area contributed by atoms with Gasteiger partial charge in [0.2, 0.25) is 11.3 Å². The molecule has 0 saturated heterocycles. The van der Waals surface area contributed by atoms with Gasteiger partial charge in [-0.1, -0.05) is 48.6 Å². The monoisotopic (exact) mass is 278 g/mol. The molecule has 5 heteroatoms. The molecule has 104 valence electrons. The Morgan fingerprint density at radius 1 is 1.05 bits per heavy atom. The first-order chi connectivity index (χ1) is 10.3. The highest BCUT2D eigenvalue weighted by Gasteiger charge is 2.14. The van der Waals surface area contributed by atoms with Crippen molar-refractivity contribution in [3.05, 3.63) is 54.3 Å². The van der Waals surface area contributed by atoms with Gasteiger partial charge in [-0.25, -0.2) is 14.6 Å². The van der Waals surface area contributed by atoms with Gasteiger partial charge in [-0.2, -0.15) is 0 Å². The van der Waals surface area contributed by atoms with Gasteiger partial charge < -0.3 is 0 Å². The summed E-state index contributed by atoms with van der Waals surface area (Å²) in [5.74, 6) is 0. The van der Waals surface area contributed by atoms with Gasteiger partial charge in [0.05, 0.1) is 11.4 Å². The molecule has 0 unspecified atom stereocenters. The van der Waals surface area contributed by atoms with E-state index in [1.54, 1.807) is 0 Å². The zero-order valence-electron chi connectivity index (χ0n) is 11.8. The lowest BCUT2D eigenvalue weighted by Gasteiger charge is -2.07. The molecule has 0 bridgehead atoms. The van der Waals surface area contributed by atoms with Crippen LogP contribution < -0.4 is 0 Å². The van der Waals surface area contributed by atoms with Gasteiger partial charge in [0.1, 0.15) is 0 Å². The van der Waals surface area contributed by atoms with Crippen LogP contribution in [0.15, 0.2) is 53.2 Å². The summed E-state index contributed by atoms with van der Waals surface area (Å²) < 4.78 is 4.71. The Balaban J connectivity index is 2.25. The lowest BCUT2D eigenvalue weighted by molar-refractivity contribution is 0.314. The van der Waals surface area contributed by atoms with Crippen molar-refractivity contribution in [3.63, 3.8) is 0 Å². The molecule has 21 heavy (non-hydrogen) atoms. The summed E-state index contributed by atoms with van der Waals surface area (Å²) in [6.45, 7) is 3.97. The molecule has 0 fully saturated rings. The van der Waals surface area contributed by atoms with E-state index in [4.69, 9.17) is 4.63 Å². The van der Waals surface area contributed by atoms with Crippen LogP contribution in [0.4, 0.5) is 0 Å². The van der Waals surface area contributed by atoms with E-state index in [0.717, 1.165) is 22.5 Å². The Hall–Kier alpha value is -2.82. The maximum Gasteiger partial charge on any atom is 0.243 e. The average Bonchev–Trinajstić information content (AvgIpc) is 2.99. The molecule has 2 aromatic heterocycles. The Kier molecular flexibility index (Phi) is 3.55. The van der Waals surface area contributed by atoms with Crippen LogP contribution in [-0.4, -0.2) is 20.3 Å². The average molecular weight is 278 g/mol. The zero-order chi connectivity index (χ0) is 14.7. The largest absolute Gasteiger partial charge is 0.243 e. The zero-order valence-corrected chi connectivity index (χ0v) is 11.8. The van der Waals surface area contributed by atoms with Crippen LogP contribution in [0, 0.1) is 0 Å². The Morgan fingerprint density at radius 3 is 2.48 bits per heavy atom. The fourth-order valence-electron chi connectivity index (χ4n) is 2.03. The number of rotatable bonds is 3. The van der Waals surface area contributed by atoms with E-state index in [1.165, 1.54) is 0 Å². The van der Waals surface area contributed by atoms with Crippen LogP contribution in [0.3, 0.4) is 0 Å². The van der Waals surface area contributed by atoms with Crippen molar-refractivity contribution >= 4 is 16.9 Å². The Labute approximate surface area is 122 Å². The second kappa shape index (κ2) is 5.66. The molecule has 0 atom stereocenters. The number of nitrogens with zero attached hydrogens (tertiary/aromatic N) is 4. The van der Waals surface area contributed by atoms with Gasteiger partial charge in [0.15, 0.2) is 0 Å². The van der Waals surface area contributed by atoms with E-state index in [9.17, 15) is 0 Å². The van der Waals surface area contributed by atoms with E-state index < -0.39 is 0 Å². The molecule has 3 rings (SSSR count). The summed E-state index contributed by atoms with van der Waals surface area (Å²) in [5.41, 5.74) is 4.37. The molecule has 1 aromatic carbocycles. The molecule has 0 saturated carbocycles. The molecule has 5 nitrogen and oxygen atoms in total. The molecule has 0 spiro atoms. The number of hydrogen-bond donors (Lipinski definition) is 0. The summed E-state index contributed by atoms with van der Waals surface area (Å²) in [6.07, 6.45) is 5.93. The molecule has 0 aliphatic heterocycles. The van der Waals surface area contributed by atoms with Gasteiger partial charge in [-0.05, 0) is 29.7 Å². The molecule has 0 aliphatic carbocycles. The van der Waals surface area contributed by atoms with Crippen molar-refractivity contribution in [2.45, 2.75) is 13.8 Å². The maximum absolute atomic E-state index is 4.71. The normalized spacial score (nSPS) is 12.4. The smallest absolute Gasteiger partial charge is 0.240 e. The van der Waals surface area contributed by atoms with Crippen molar-refractivity contribution in [3.8, 4) is 11.3 Å². The number of fused-ring (bicyclic) bond motifs is 1. The SMILES string of the molecule is CC=CC=C(C)c1nc2nonc2nc1-c1ccccc1. The molecule has 0 amide bonds. The molecule has 2 heterocycles. The van der Waals surface area contributed by atoms with Crippen LogP contribution in [0.25, 0.3) is 28.1 Å². The van der Waals surface area contributed by atoms with Crippen molar-refractivity contribution in [2.75, 3.05) is 0 Å². The fraction of sp³-hybridized carbons (Fsp3) is 0.125. The standard InChI is InChI=1S/C16H14N4O/c1-3-4-8-11(2)13-14(12-9-6-5-7-10-12)18-16-15(17-13)19-21-20-16/h3-10H,1-2H3. The van der Waals surface area contributed by atoms with Gasteiger partial charge in [-0.15, -0.1) is 0 Å². The minimum atomic E-state index is 0.413. The quantitative estimate of drug-likeness (QED) is 0.684. The third-order valence-corrected chi connectivity index (χ3v) is 3.07. The Morgan fingerprint density at radius 2 is 1.76 bits per heavy atom. The highest BCUT2D eigenvalue weighted by Crippen LogP contribution is 2.26. The third kappa shape index (κ3) is 2.58. The molecule has 3 aromatic rings. The molecule has 0 N–H and O–H groups in total. The van der Waals surface area contributed by atoms with Crippen LogP contribution in [-0.2, 0) is 0 Å². The van der Waals surface area contributed by atoms with E-state index in [-0.39, 0.29) is 0 Å². The second-order valence-corrected chi connectivity index (χ2v) is 4.57. The summed E-state index contributed by atoms with van der Waals surface area (Å²) in [5, 5.41) is 7.55. The third-order valence-electron chi connectivity index (χ3n) is 3.07. The topological polar surface area (TPSA) is 64.7 Å². The number of benzene rings is 1. The van der Waals surface area contributed by atoms with Crippen molar-refractivity contribution < 1.29 is 4.63 Å². The first-order valence-corrected chi connectivity index (χ1v) is 6.65. The lowest BCUT2D eigenvalue weighted by Crippen LogP contribution is -1.97. The summed E-state index contributed by atoms with van der Waals surface area (Å²) in [7, 11) is 0. The van der Waals surface area contributed by atoms with E-state index >= 15 is 0 Å². The van der Waals surface area contributed by atoms with Gasteiger partial charge in [0, 0.05) is 5.56 Å². The van der Waals surface area contributed by atoms with Crippen LogP contribution >= 0.6 is 0 Å². The minimum Gasteiger partial charge on any atom is -0.240 e. The predicted octanol–water partition coefficient (Wildman–Crippen LogP) is 3.66. The second-order valence-electron chi connectivity index (χ2n) is 4.57. The van der Waals surface area contributed by atoms with Gasteiger partial charge in [0.25, 0.3) is 0 Å². The highest BCUT2D eigenvalue weighted by molar-refractivity contribution is 5.81. The van der Waals surface area contributed by atoms with Crippen molar-refractivity contribution in [1.82, 2.24) is 20.3 Å². The summed E-state index contributed by atoms with van der Waals surface area (Å²) in [6, 6.07) is 9.90. The highest BCUT2D eigenvalue weighted by atomic mass is 16.6. The van der Waals surface area contributed by atoms with Crippen LogP contribution in [0.5, 0.6) is 0 Å². The minimum absolute atomic E-state index is 0.413. The molecule has 0 radical (unpaired) electrons. The van der Waals surface area contributed by atoms with E-state index in [0.29, 0.717) is 11.3 Å². The number of aromatic nitrogens is 4. The van der Waals surface area contributed by atoms with E-state index in [1.807, 2.05) is 62.4 Å². The summed E-state index contributed by atoms with van der Waals surface area (Å²) in [4.78, 5) is 9.07. The first kappa shape index (κ1) is 13.2. The molecular formula is C16H14N4O. The lowest BCUT2D eigenvalue weighted by atomic mass is 10.0. The molecular weight excluding hydrogens is 264 g/mol. The fourth-order valence-corrected chi connectivity index (χ4v) is 2.03. The molecule has 0 aliphatic rings. The summed E-state index contributed by atoms with van der Waals surface area (Å²) >= 11 is 0. The first-order valence-electron chi connectivity index (χ1n) is 6.65. The Bertz CT molecular complexity index is 819. The number of hydrogen-bond acceptors (Lipinski definition) is 5. The van der Waals surface area contributed by atoms with E-state index in [2.05, 4.69) is 20.3 Å². The van der Waals surface area contributed by atoms with Crippen molar-refractivity contribution in [1.29, 1.82) is 0 Å². The maximum atomic E-state index is 4.71. The van der Waals surface area contributed by atoms with Gasteiger partial charge in [-0.3, -0.25) is 0 Å². The number of allylic oxidation sites excluding steroid dienone is 4. The van der Waals surface area contributed by atoms with Gasteiger partial charge >= 0.3 is 0 Å². The van der Waals surface area contributed by atoms with Crippen molar-refractivity contribution in [2.24, 2.45) is 0 Å². The predicted molar refractivity (Wildman–Crippen MR) is 81.3 cm³/mol.